The molecule has 0 bridgehead atoms. The van der Waals surface area contributed by atoms with Gasteiger partial charge in [-0.3, -0.25) is 0 Å². The van der Waals surface area contributed by atoms with E-state index in [1.54, 1.807) is 6.08 Å². The van der Waals surface area contributed by atoms with Gasteiger partial charge in [-0.05, 0) is 30.7 Å². The van der Waals surface area contributed by atoms with Crippen molar-refractivity contribution in [2.75, 3.05) is 0 Å². The zero-order valence-corrected chi connectivity index (χ0v) is 12.2. The molecular formula is C18H26O2. The molecule has 1 saturated carbocycles. The molecule has 0 aromatic heterocycles. The Morgan fingerprint density at radius 2 is 1.85 bits per heavy atom. The molecule has 0 amide bonds. The summed E-state index contributed by atoms with van der Waals surface area (Å²) in [5, 5.41) is 21.5. The van der Waals surface area contributed by atoms with E-state index < -0.39 is 11.7 Å². The van der Waals surface area contributed by atoms with Gasteiger partial charge in [-0.1, -0.05) is 55.7 Å². The number of rotatable bonds is 6. The van der Waals surface area contributed by atoms with Crippen molar-refractivity contribution in [2.45, 2.75) is 56.7 Å². The highest BCUT2D eigenvalue weighted by atomic mass is 16.3. The van der Waals surface area contributed by atoms with E-state index in [9.17, 15) is 10.2 Å². The lowest BCUT2D eigenvalue weighted by Gasteiger charge is -2.34. The van der Waals surface area contributed by atoms with Crippen LogP contribution in [-0.4, -0.2) is 16.3 Å². The second-order valence-electron chi connectivity index (χ2n) is 6.06. The van der Waals surface area contributed by atoms with Crippen molar-refractivity contribution < 1.29 is 10.2 Å². The van der Waals surface area contributed by atoms with Gasteiger partial charge in [0.1, 0.15) is 0 Å². The SMILES string of the molecule is C=CC[C@](O)(C[C@@H](O)C1CCCCC1)c1ccccc1. The molecule has 2 nitrogen and oxygen atoms in total. The van der Waals surface area contributed by atoms with Crippen LogP contribution in [0.2, 0.25) is 0 Å². The van der Waals surface area contributed by atoms with Crippen LogP contribution in [0.3, 0.4) is 0 Å². The van der Waals surface area contributed by atoms with Crippen LogP contribution in [0.15, 0.2) is 43.0 Å². The zero-order valence-electron chi connectivity index (χ0n) is 12.2. The predicted octanol–water partition coefficient (Wildman–Crippen LogP) is 3.78. The number of hydrogen-bond donors (Lipinski definition) is 2. The molecule has 0 saturated heterocycles. The minimum absolute atomic E-state index is 0.337. The molecule has 0 aliphatic heterocycles. The highest BCUT2D eigenvalue weighted by Gasteiger charge is 2.34. The molecule has 2 N–H and O–H groups in total. The van der Waals surface area contributed by atoms with Crippen LogP contribution in [0.1, 0.15) is 50.5 Å². The molecule has 2 atom stereocenters. The Labute approximate surface area is 122 Å². The molecule has 0 spiro atoms. The Morgan fingerprint density at radius 1 is 1.20 bits per heavy atom. The highest BCUT2D eigenvalue weighted by molar-refractivity contribution is 5.23. The molecule has 2 rings (SSSR count). The van der Waals surface area contributed by atoms with Gasteiger partial charge in [0.25, 0.3) is 0 Å². The van der Waals surface area contributed by atoms with Gasteiger partial charge in [-0.25, -0.2) is 0 Å². The molecule has 20 heavy (non-hydrogen) atoms. The molecule has 1 aliphatic carbocycles. The molecular weight excluding hydrogens is 248 g/mol. The van der Waals surface area contributed by atoms with E-state index >= 15 is 0 Å². The molecule has 1 aliphatic rings. The van der Waals surface area contributed by atoms with Gasteiger partial charge in [-0.15, -0.1) is 6.58 Å². The Balaban J connectivity index is 2.10. The van der Waals surface area contributed by atoms with Crippen molar-refractivity contribution >= 4 is 0 Å². The van der Waals surface area contributed by atoms with Crippen LogP contribution in [0, 0.1) is 5.92 Å². The first kappa shape index (κ1) is 15.3. The molecule has 0 radical (unpaired) electrons. The fourth-order valence-electron chi connectivity index (χ4n) is 3.34. The van der Waals surface area contributed by atoms with Crippen molar-refractivity contribution in [3.8, 4) is 0 Å². The predicted molar refractivity (Wildman–Crippen MR) is 82.4 cm³/mol. The molecule has 2 heteroatoms. The quantitative estimate of drug-likeness (QED) is 0.775. The maximum absolute atomic E-state index is 11.0. The lowest BCUT2D eigenvalue weighted by atomic mass is 9.78. The van der Waals surface area contributed by atoms with E-state index in [2.05, 4.69) is 6.58 Å². The zero-order chi connectivity index (χ0) is 14.4. The van der Waals surface area contributed by atoms with Crippen molar-refractivity contribution in [3.63, 3.8) is 0 Å². The number of hydrogen-bond acceptors (Lipinski definition) is 2. The van der Waals surface area contributed by atoms with E-state index in [0.717, 1.165) is 18.4 Å². The van der Waals surface area contributed by atoms with Gasteiger partial charge in [-0.2, -0.15) is 0 Å². The van der Waals surface area contributed by atoms with Crippen LogP contribution < -0.4 is 0 Å². The van der Waals surface area contributed by atoms with Gasteiger partial charge in [0.05, 0.1) is 11.7 Å². The first-order valence-electron chi connectivity index (χ1n) is 7.72. The topological polar surface area (TPSA) is 40.5 Å². The minimum atomic E-state index is -1.00. The second kappa shape index (κ2) is 7.05. The molecule has 0 unspecified atom stereocenters. The Bertz CT molecular complexity index is 409. The third-order valence-corrected chi connectivity index (χ3v) is 4.53. The second-order valence-corrected chi connectivity index (χ2v) is 6.06. The molecule has 110 valence electrons. The van der Waals surface area contributed by atoms with Crippen molar-refractivity contribution in [3.05, 3.63) is 48.6 Å². The van der Waals surface area contributed by atoms with E-state index in [-0.39, 0.29) is 0 Å². The third kappa shape index (κ3) is 3.71. The van der Waals surface area contributed by atoms with Crippen LogP contribution >= 0.6 is 0 Å². The van der Waals surface area contributed by atoms with Gasteiger partial charge < -0.3 is 10.2 Å². The lowest BCUT2D eigenvalue weighted by Crippen LogP contribution is -2.34. The fraction of sp³-hybridized carbons (Fsp3) is 0.556. The van der Waals surface area contributed by atoms with Gasteiger partial charge in [0, 0.05) is 6.42 Å². The Kier molecular flexibility index (Phi) is 5.38. The summed E-state index contributed by atoms with van der Waals surface area (Å²) in [6.45, 7) is 3.75. The average Bonchev–Trinajstić information content (AvgIpc) is 2.49. The number of benzene rings is 1. The monoisotopic (exact) mass is 274 g/mol. The smallest absolute Gasteiger partial charge is 0.0955 e. The minimum Gasteiger partial charge on any atom is -0.393 e. The molecule has 1 fully saturated rings. The average molecular weight is 274 g/mol. The van der Waals surface area contributed by atoms with Crippen LogP contribution in [0.25, 0.3) is 0 Å². The van der Waals surface area contributed by atoms with E-state index in [0.29, 0.717) is 18.8 Å². The summed E-state index contributed by atoms with van der Waals surface area (Å²) in [6.07, 6.45) is 8.02. The first-order chi connectivity index (χ1) is 9.65. The normalized spacial score (nSPS) is 21.1. The molecule has 1 aromatic carbocycles. The van der Waals surface area contributed by atoms with Crippen molar-refractivity contribution in [1.29, 1.82) is 0 Å². The maximum Gasteiger partial charge on any atom is 0.0955 e. The Morgan fingerprint density at radius 3 is 2.45 bits per heavy atom. The van der Waals surface area contributed by atoms with E-state index in [4.69, 9.17) is 0 Å². The summed E-state index contributed by atoms with van der Waals surface area (Å²) in [4.78, 5) is 0. The first-order valence-corrected chi connectivity index (χ1v) is 7.72. The van der Waals surface area contributed by atoms with Gasteiger partial charge in [0.15, 0.2) is 0 Å². The summed E-state index contributed by atoms with van der Waals surface area (Å²) in [6, 6.07) is 9.65. The summed E-state index contributed by atoms with van der Waals surface area (Å²) >= 11 is 0. The largest absolute Gasteiger partial charge is 0.393 e. The standard InChI is InChI=1S/C18H26O2/c1-2-13-18(20,16-11-7-4-8-12-16)14-17(19)15-9-5-3-6-10-15/h2,4,7-8,11-12,15,17,19-20H,1,3,5-6,9-10,13-14H2/t17-,18+/m1/s1. The lowest BCUT2D eigenvalue weighted by molar-refractivity contribution is -0.0361. The summed E-state index contributed by atoms with van der Waals surface area (Å²) in [7, 11) is 0. The van der Waals surface area contributed by atoms with Gasteiger partial charge >= 0.3 is 0 Å². The molecule has 0 heterocycles. The van der Waals surface area contributed by atoms with Crippen molar-refractivity contribution in [1.82, 2.24) is 0 Å². The molecule has 1 aromatic rings. The van der Waals surface area contributed by atoms with E-state index in [1.807, 2.05) is 30.3 Å². The number of aliphatic hydroxyl groups excluding tert-OH is 1. The van der Waals surface area contributed by atoms with Gasteiger partial charge in [0.2, 0.25) is 0 Å². The summed E-state index contributed by atoms with van der Waals surface area (Å²) < 4.78 is 0. The van der Waals surface area contributed by atoms with Crippen molar-refractivity contribution in [2.24, 2.45) is 5.92 Å². The van der Waals surface area contributed by atoms with Crippen LogP contribution in [0.4, 0.5) is 0 Å². The Hall–Kier alpha value is -1.12. The van der Waals surface area contributed by atoms with E-state index in [1.165, 1.54) is 19.3 Å². The summed E-state index contributed by atoms with van der Waals surface area (Å²) in [5.41, 5.74) is -0.130. The highest BCUT2D eigenvalue weighted by Crippen LogP contribution is 2.35. The summed E-state index contributed by atoms with van der Waals surface area (Å²) in [5.74, 6) is 0.337. The third-order valence-electron chi connectivity index (χ3n) is 4.53. The number of aliphatic hydroxyl groups is 2. The van der Waals surface area contributed by atoms with Crippen LogP contribution in [-0.2, 0) is 5.60 Å². The van der Waals surface area contributed by atoms with Crippen LogP contribution in [0.5, 0.6) is 0 Å². The maximum atomic E-state index is 11.0. The fourth-order valence-corrected chi connectivity index (χ4v) is 3.34.